The van der Waals surface area contributed by atoms with E-state index < -0.39 is 0 Å². The second kappa shape index (κ2) is 3.74. The van der Waals surface area contributed by atoms with Crippen molar-refractivity contribution < 1.29 is 9.47 Å². The Balaban J connectivity index is 2.48. The predicted molar refractivity (Wildman–Crippen MR) is 45.1 cm³/mol. The SMILES string of the molecule is COCC1(CCl)CC(C)CO1. The zero-order valence-corrected chi connectivity index (χ0v) is 7.86. The highest BCUT2D eigenvalue weighted by atomic mass is 35.5. The van der Waals surface area contributed by atoms with Crippen LogP contribution in [-0.4, -0.2) is 31.8 Å². The molecule has 3 heteroatoms. The van der Waals surface area contributed by atoms with Gasteiger partial charge in [0.25, 0.3) is 0 Å². The summed E-state index contributed by atoms with van der Waals surface area (Å²) in [6.45, 7) is 3.60. The van der Waals surface area contributed by atoms with Crippen molar-refractivity contribution in [1.82, 2.24) is 0 Å². The van der Waals surface area contributed by atoms with Gasteiger partial charge < -0.3 is 9.47 Å². The lowest BCUT2D eigenvalue weighted by Crippen LogP contribution is -2.35. The molecule has 1 aliphatic rings. The summed E-state index contributed by atoms with van der Waals surface area (Å²) in [5.41, 5.74) is -0.199. The van der Waals surface area contributed by atoms with Crippen LogP contribution in [0.25, 0.3) is 0 Å². The van der Waals surface area contributed by atoms with Crippen molar-refractivity contribution in [2.24, 2.45) is 5.92 Å². The first-order valence-corrected chi connectivity index (χ1v) is 4.45. The number of halogens is 1. The molecule has 0 bridgehead atoms. The van der Waals surface area contributed by atoms with Crippen LogP contribution < -0.4 is 0 Å². The average Bonchev–Trinajstić information content (AvgIpc) is 2.34. The number of ether oxygens (including phenoxy) is 2. The quantitative estimate of drug-likeness (QED) is 0.613. The summed E-state index contributed by atoms with van der Waals surface area (Å²) in [4.78, 5) is 0. The van der Waals surface area contributed by atoms with Gasteiger partial charge in [-0.05, 0) is 12.3 Å². The number of hydrogen-bond acceptors (Lipinski definition) is 2. The third kappa shape index (κ3) is 2.08. The van der Waals surface area contributed by atoms with Gasteiger partial charge in [0, 0.05) is 7.11 Å². The molecule has 1 aliphatic heterocycles. The van der Waals surface area contributed by atoms with Gasteiger partial charge in [-0.1, -0.05) is 6.92 Å². The summed E-state index contributed by atoms with van der Waals surface area (Å²) < 4.78 is 10.6. The summed E-state index contributed by atoms with van der Waals surface area (Å²) in [5, 5.41) is 0. The van der Waals surface area contributed by atoms with Gasteiger partial charge in [-0.25, -0.2) is 0 Å². The summed E-state index contributed by atoms with van der Waals surface area (Å²) in [7, 11) is 1.68. The van der Waals surface area contributed by atoms with Gasteiger partial charge in [-0.15, -0.1) is 11.6 Å². The minimum atomic E-state index is -0.199. The minimum Gasteiger partial charge on any atom is -0.382 e. The fourth-order valence-corrected chi connectivity index (χ4v) is 1.83. The van der Waals surface area contributed by atoms with E-state index in [0.717, 1.165) is 13.0 Å². The lowest BCUT2D eigenvalue weighted by atomic mass is 9.98. The molecular formula is C8H15ClO2. The highest BCUT2D eigenvalue weighted by Crippen LogP contribution is 2.30. The maximum absolute atomic E-state index is 5.80. The van der Waals surface area contributed by atoms with Crippen LogP contribution in [0.2, 0.25) is 0 Å². The number of alkyl halides is 1. The molecule has 2 unspecified atom stereocenters. The zero-order valence-electron chi connectivity index (χ0n) is 7.10. The van der Waals surface area contributed by atoms with E-state index >= 15 is 0 Å². The van der Waals surface area contributed by atoms with Crippen molar-refractivity contribution in [3.63, 3.8) is 0 Å². The van der Waals surface area contributed by atoms with Crippen LogP contribution in [0.3, 0.4) is 0 Å². The molecule has 0 radical (unpaired) electrons. The predicted octanol–water partition coefficient (Wildman–Crippen LogP) is 1.67. The van der Waals surface area contributed by atoms with Crippen molar-refractivity contribution in [2.75, 3.05) is 26.2 Å². The Morgan fingerprint density at radius 2 is 2.45 bits per heavy atom. The molecule has 0 saturated carbocycles. The summed E-state index contributed by atoms with van der Waals surface area (Å²) >= 11 is 5.80. The monoisotopic (exact) mass is 178 g/mol. The molecule has 11 heavy (non-hydrogen) atoms. The maximum Gasteiger partial charge on any atom is 0.105 e. The zero-order chi connectivity index (χ0) is 8.32. The summed E-state index contributed by atoms with van der Waals surface area (Å²) in [6, 6.07) is 0. The maximum atomic E-state index is 5.80. The van der Waals surface area contributed by atoms with Crippen molar-refractivity contribution >= 4 is 11.6 Å². The topological polar surface area (TPSA) is 18.5 Å². The molecule has 66 valence electrons. The molecule has 0 aromatic rings. The van der Waals surface area contributed by atoms with Crippen LogP contribution in [0.1, 0.15) is 13.3 Å². The number of hydrogen-bond donors (Lipinski definition) is 0. The Labute approximate surface area is 72.8 Å². The minimum absolute atomic E-state index is 0.199. The number of rotatable bonds is 3. The molecule has 1 saturated heterocycles. The average molecular weight is 179 g/mol. The Kier molecular flexibility index (Phi) is 3.16. The Morgan fingerprint density at radius 1 is 1.73 bits per heavy atom. The van der Waals surface area contributed by atoms with Crippen molar-refractivity contribution in [1.29, 1.82) is 0 Å². The standard InChI is InChI=1S/C8H15ClO2/c1-7-3-8(5-9,6-10-2)11-4-7/h7H,3-6H2,1-2H3. The van der Waals surface area contributed by atoms with Crippen LogP contribution in [0.15, 0.2) is 0 Å². The van der Waals surface area contributed by atoms with Gasteiger partial charge in [0.05, 0.1) is 19.1 Å². The second-order valence-corrected chi connectivity index (χ2v) is 3.64. The van der Waals surface area contributed by atoms with E-state index in [4.69, 9.17) is 21.1 Å². The Hall–Kier alpha value is 0.210. The molecule has 0 aromatic heterocycles. The van der Waals surface area contributed by atoms with Gasteiger partial charge in [-0.2, -0.15) is 0 Å². The van der Waals surface area contributed by atoms with E-state index in [2.05, 4.69) is 6.92 Å². The fourth-order valence-electron chi connectivity index (χ4n) is 1.57. The lowest BCUT2D eigenvalue weighted by molar-refractivity contribution is -0.0355. The van der Waals surface area contributed by atoms with E-state index in [1.807, 2.05) is 0 Å². The Morgan fingerprint density at radius 3 is 2.82 bits per heavy atom. The van der Waals surface area contributed by atoms with E-state index in [1.165, 1.54) is 0 Å². The van der Waals surface area contributed by atoms with Crippen molar-refractivity contribution in [2.45, 2.75) is 18.9 Å². The molecule has 1 heterocycles. The smallest absolute Gasteiger partial charge is 0.105 e. The van der Waals surface area contributed by atoms with Gasteiger partial charge in [0.2, 0.25) is 0 Å². The summed E-state index contributed by atoms with van der Waals surface area (Å²) in [5.74, 6) is 1.15. The normalized spacial score (nSPS) is 37.9. The van der Waals surface area contributed by atoms with Gasteiger partial charge in [-0.3, -0.25) is 0 Å². The Bertz CT molecular complexity index is 125. The highest BCUT2D eigenvalue weighted by molar-refractivity contribution is 6.18. The van der Waals surface area contributed by atoms with Gasteiger partial charge >= 0.3 is 0 Å². The molecule has 0 amide bonds. The van der Waals surface area contributed by atoms with Crippen LogP contribution in [-0.2, 0) is 9.47 Å². The van der Waals surface area contributed by atoms with Crippen LogP contribution >= 0.6 is 11.6 Å². The lowest BCUT2D eigenvalue weighted by Gasteiger charge is -2.24. The fraction of sp³-hybridized carbons (Fsp3) is 1.00. The molecule has 1 fully saturated rings. The third-order valence-electron chi connectivity index (χ3n) is 2.05. The summed E-state index contributed by atoms with van der Waals surface area (Å²) in [6.07, 6.45) is 1.02. The first-order valence-electron chi connectivity index (χ1n) is 3.91. The molecule has 0 aliphatic carbocycles. The molecule has 0 spiro atoms. The molecular weight excluding hydrogens is 164 g/mol. The molecule has 0 N–H and O–H groups in total. The first kappa shape index (κ1) is 9.30. The van der Waals surface area contributed by atoms with Crippen LogP contribution in [0.5, 0.6) is 0 Å². The molecule has 2 nitrogen and oxygen atoms in total. The van der Waals surface area contributed by atoms with E-state index in [1.54, 1.807) is 7.11 Å². The van der Waals surface area contributed by atoms with Gasteiger partial charge in [0.15, 0.2) is 0 Å². The van der Waals surface area contributed by atoms with Crippen LogP contribution in [0.4, 0.5) is 0 Å². The molecule has 0 aromatic carbocycles. The largest absolute Gasteiger partial charge is 0.382 e. The van der Waals surface area contributed by atoms with E-state index in [0.29, 0.717) is 18.4 Å². The highest BCUT2D eigenvalue weighted by Gasteiger charge is 2.37. The molecule has 2 atom stereocenters. The molecule has 1 rings (SSSR count). The van der Waals surface area contributed by atoms with Crippen LogP contribution in [0, 0.1) is 5.92 Å². The first-order chi connectivity index (χ1) is 5.22. The van der Waals surface area contributed by atoms with Gasteiger partial charge in [0.1, 0.15) is 5.60 Å². The second-order valence-electron chi connectivity index (χ2n) is 3.37. The third-order valence-corrected chi connectivity index (χ3v) is 2.53. The van der Waals surface area contributed by atoms with E-state index in [9.17, 15) is 0 Å². The van der Waals surface area contributed by atoms with Crippen molar-refractivity contribution in [3.8, 4) is 0 Å². The van der Waals surface area contributed by atoms with Crippen molar-refractivity contribution in [3.05, 3.63) is 0 Å². The van der Waals surface area contributed by atoms with E-state index in [-0.39, 0.29) is 5.60 Å². The number of methoxy groups -OCH3 is 1.